The maximum atomic E-state index is 13.9. The zero-order valence-electron chi connectivity index (χ0n) is 23.1. The number of carbonyl (C=O) groups excluding carboxylic acids is 2. The lowest BCUT2D eigenvalue weighted by molar-refractivity contribution is -0.140. The van der Waals surface area contributed by atoms with Gasteiger partial charge in [0.15, 0.2) is 0 Å². The van der Waals surface area contributed by atoms with Gasteiger partial charge >= 0.3 is 0 Å². The number of hydrogen-bond acceptors (Lipinski definition) is 4. The number of hydrogen-bond donors (Lipinski definition) is 1. The molecule has 0 unspecified atom stereocenters. The number of rotatable bonds is 11. The second-order valence-corrected chi connectivity index (χ2v) is 13.3. The van der Waals surface area contributed by atoms with Crippen LogP contribution in [0.15, 0.2) is 42.5 Å². The average Bonchev–Trinajstić information content (AvgIpc) is 2.89. The van der Waals surface area contributed by atoms with Crippen molar-refractivity contribution < 1.29 is 18.0 Å². The lowest BCUT2D eigenvalue weighted by Gasteiger charge is -2.34. The predicted molar refractivity (Wildman–Crippen MR) is 159 cm³/mol. The number of carbonyl (C=O) groups is 2. The van der Waals surface area contributed by atoms with E-state index < -0.39 is 28.5 Å². The van der Waals surface area contributed by atoms with Crippen molar-refractivity contribution in [3.8, 4) is 0 Å². The van der Waals surface area contributed by atoms with E-state index in [1.54, 1.807) is 30.3 Å². The van der Waals surface area contributed by atoms with E-state index in [2.05, 4.69) is 19.2 Å². The van der Waals surface area contributed by atoms with Crippen LogP contribution in [0.3, 0.4) is 0 Å². The number of sulfonamides is 1. The van der Waals surface area contributed by atoms with Crippen LogP contribution in [0, 0.1) is 0 Å². The normalized spacial score (nSPS) is 15.2. The minimum absolute atomic E-state index is 0.0780. The van der Waals surface area contributed by atoms with Gasteiger partial charge in [-0.25, -0.2) is 8.42 Å². The highest BCUT2D eigenvalue weighted by atomic mass is 35.5. The summed E-state index contributed by atoms with van der Waals surface area (Å²) in [5.74, 6) is -0.433. The van der Waals surface area contributed by atoms with Crippen LogP contribution in [0.25, 0.3) is 0 Å². The Balaban J connectivity index is 1.93. The quantitative estimate of drug-likeness (QED) is 0.338. The number of halogens is 2. The van der Waals surface area contributed by atoms with Gasteiger partial charge in [-0.15, -0.1) is 0 Å². The maximum absolute atomic E-state index is 13.9. The fourth-order valence-electron chi connectivity index (χ4n) is 4.94. The Morgan fingerprint density at radius 3 is 2.18 bits per heavy atom. The fraction of sp³-hybridized carbons (Fsp3) is 0.517. The van der Waals surface area contributed by atoms with Gasteiger partial charge in [-0.05, 0) is 60.6 Å². The summed E-state index contributed by atoms with van der Waals surface area (Å²) >= 11 is 12.3. The van der Waals surface area contributed by atoms with Crippen LogP contribution in [-0.2, 0) is 26.2 Å². The molecule has 0 spiro atoms. The van der Waals surface area contributed by atoms with E-state index in [0.717, 1.165) is 48.2 Å². The van der Waals surface area contributed by atoms with Crippen LogP contribution in [0.2, 0.25) is 10.0 Å². The van der Waals surface area contributed by atoms with E-state index in [9.17, 15) is 18.0 Å². The minimum atomic E-state index is -3.79. The molecule has 1 aliphatic carbocycles. The molecule has 1 fully saturated rings. The molecule has 10 heteroatoms. The van der Waals surface area contributed by atoms with Gasteiger partial charge < -0.3 is 10.2 Å². The molecule has 2 aromatic carbocycles. The van der Waals surface area contributed by atoms with Crippen LogP contribution >= 0.6 is 23.2 Å². The largest absolute Gasteiger partial charge is 0.352 e. The van der Waals surface area contributed by atoms with E-state index in [-0.39, 0.29) is 24.4 Å². The van der Waals surface area contributed by atoms with Crippen LogP contribution < -0.4 is 9.62 Å². The summed E-state index contributed by atoms with van der Waals surface area (Å²) in [5.41, 5.74) is 2.14. The number of benzene rings is 2. The van der Waals surface area contributed by atoms with Gasteiger partial charge in [0.1, 0.15) is 12.6 Å². The molecule has 0 saturated heterocycles. The van der Waals surface area contributed by atoms with E-state index in [1.807, 2.05) is 19.1 Å². The van der Waals surface area contributed by atoms with Crippen LogP contribution in [0.5, 0.6) is 0 Å². The fourth-order valence-corrected chi connectivity index (χ4v) is 6.11. The highest BCUT2D eigenvalue weighted by Gasteiger charge is 2.33. The predicted octanol–water partition coefficient (Wildman–Crippen LogP) is 6.14. The number of amides is 2. The second-order valence-electron chi connectivity index (χ2n) is 10.6. The van der Waals surface area contributed by atoms with E-state index in [0.29, 0.717) is 27.7 Å². The van der Waals surface area contributed by atoms with Crippen molar-refractivity contribution in [3.63, 3.8) is 0 Å². The molecule has 39 heavy (non-hydrogen) atoms. The molecular weight excluding hydrogens is 557 g/mol. The Hall–Kier alpha value is -2.29. The third kappa shape index (κ3) is 8.60. The molecule has 0 radical (unpaired) electrons. The summed E-state index contributed by atoms with van der Waals surface area (Å²) in [4.78, 5) is 28.8. The molecule has 0 aromatic heterocycles. The lowest BCUT2D eigenvalue weighted by Crippen LogP contribution is -2.53. The Labute approximate surface area is 242 Å². The molecule has 1 aliphatic rings. The average molecular weight is 597 g/mol. The first-order valence-corrected chi connectivity index (χ1v) is 16.1. The van der Waals surface area contributed by atoms with Gasteiger partial charge in [0, 0.05) is 12.6 Å². The van der Waals surface area contributed by atoms with E-state index in [1.165, 1.54) is 4.90 Å². The third-order valence-corrected chi connectivity index (χ3v) is 9.08. The van der Waals surface area contributed by atoms with Crippen molar-refractivity contribution in [1.82, 2.24) is 10.2 Å². The molecular formula is C29H39Cl2N3O4S. The number of nitrogens with one attached hydrogen (secondary N) is 1. The SMILES string of the molecule is CC[C@H](C(=O)NC1CCCCC1)N(Cc1ccc(Cl)c(Cl)c1)C(=O)CN(c1ccc(C(C)C)cc1)S(C)(=O)=O. The summed E-state index contributed by atoms with van der Waals surface area (Å²) in [7, 11) is -3.79. The van der Waals surface area contributed by atoms with Crippen molar-refractivity contribution in [2.75, 3.05) is 17.1 Å². The molecule has 0 aliphatic heterocycles. The molecule has 0 bridgehead atoms. The molecule has 0 heterocycles. The highest BCUT2D eigenvalue weighted by Crippen LogP contribution is 2.26. The van der Waals surface area contributed by atoms with E-state index >= 15 is 0 Å². The molecule has 3 rings (SSSR count). The van der Waals surface area contributed by atoms with Gasteiger partial charge in [0.05, 0.1) is 22.0 Å². The van der Waals surface area contributed by atoms with Crippen LogP contribution in [-0.4, -0.2) is 50.0 Å². The number of anilines is 1. The first kappa shape index (κ1) is 31.2. The zero-order valence-corrected chi connectivity index (χ0v) is 25.5. The molecule has 1 saturated carbocycles. The monoisotopic (exact) mass is 595 g/mol. The van der Waals surface area contributed by atoms with Crippen molar-refractivity contribution in [1.29, 1.82) is 0 Å². The summed E-state index contributed by atoms with van der Waals surface area (Å²) < 4.78 is 26.7. The Morgan fingerprint density at radius 2 is 1.64 bits per heavy atom. The van der Waals surface area contributed by atoms with Crippen molar-refractivity contribution in [2.45, 2.75) is 83.8 Å². The maximum Gasteiger partial charge on any atom is 0.244 e. The highest BCUT2D eigenvalue weighted by molar-refractivity contribution is 7.92. The van der Waals surface area contributed by atoms with Gasteiger partial charge in [0.25, 0.3) is 0 Å². The second kappa shape index (κ2) is 13.9. The lowest BCUT2D eigenvalue weighted by atomic mass is 9.95. The van der Waals surface area contributed by atoms with Crippen molar-refractivity contribution in [3.05, 3.63) is 63.6 Å². The Kier molecular flexibility index (Phi) is 11.1. The standard InChI is InChI=1S/C29H39Cl2N3O4S/c1-5-27(29(36)32-23-9-7-6-8-10-23)33(18-21-11-16-25(30)26(31)17-21)28(35)19-34(39(4,37)38)24-14-12-22(13-15-24)20(2)3/h11-17,20,23,27H,5-10,18-19H2,1-4H3,(H,32,36)/t27-/m1/s1. The van der Waals surface area contributed by atoms with Gasteiger partial charge in [-0.1, -0.05) is 81.4 Å². The Bertz CT molecular complexity index is 1250. The molecule has 2 aromatic rings. The summed E-state index contributed by atoms with van der Waals surface area (Å²) in [6.45, 7) is 5.60. The third-order valence-electron chi connectivity index (χ3n) is 7.20. The van der Waals surface area contributed by atoms with Crippen molar-refractivity contribution in [2.24, 2.45) is 0 Å². The summed E-state index contributed by atoms with van der Waals surface area (Å²) in [6.07, 6.45) is 6.55. The van der Waals surface area contributed by atoms with Gasteiger partial charge in [0.2, 0.25) is 21.8 Å². The molecule has 2 amide bonds. The van der Waals surface area contributed by atoms with Crippen molar-refractivity contribution >= 4 is 50.7 Å². The molecule has 1 atom stereocenters. The molecule has 214 valence electrons. The van der Waals surface area contributed by atoms with Crippen LogP contribution in [0.4, 0.5) is 5.69 Å². The minimum Gasteiger partial charge on any atom is -0.352 e. The number of nitrogens with zero attached hydrogens (tertiary/aromatic N) is 2. The molecule has 7 nitrogen and oxygen atoms in total. The zero-order chi connectivity index (χ0) is 28.7. The smallest absolute Gasteiger partial charge is 0.244 e. The summed E-state index contributed by atoms with van der Waals surface area (Å²) in [5, 5.41) is 3.85. The van der Waals surface area contributed by atoms with E-state index in [4.69, 9.17) is 23.2 Å². The molecule has 1 N–H and O–H groups in total. The van der Waals surface area contributed by atoms with Gasteiger partial charge in [-0.3, -0.25) is 13.9 Å². The summed E-state index contributed by atoms with van der Waals surface area (Å²) in [6, 6.07) is 11.5. The Morgan fingerprint density at radius 1 is 1.00 bits per heavy atom. The van der Waals surface area contributed by atoms with Crippen LogP contribution in [0.1, 0.15) is 76.3 Å². The first-order chi connectivity index (χ1) is 18.4. The first-order valence-electron chi connectivity index (χ1n) is 13.5. The topological polar surface area (TPSA) is 86.8 Å². The van der Waals surface area contributed by atoms with Gasteiger partial charge in [-0.2, -0.15) is 0 Å².